The van der Waals surface area contributed by atoms with E-state index in [1.165, 1.54) is 0 Å². The van der Waals surface area contributed by atoms with Crippen molar-refractivity contribution >= 4 is 0 Å². The standard InChI is InChI=1S/C12H12N2O/c1-9-11(3-4-12(14-9)15-2)10-5-7-13-8-6-10/h3-8H,1-2H3. The summed E-state index contributed by atoms with van der Waals surface area (Å²) in [5, 5.41) is 0. The topological polar surface area (TPSA) is 35.0 Å². The Morgan fingerprint density at radius 3 is 2.40 bits per heavy atom. The molecule has 0 atom stereocenters. The number of rotatable bonds is 2. The van der Waals surface area contributed by atoms with Crippen LogP contribution in [0.15, 0.2) is 36.7 Å². The zero-order valence-electron chi connectivity index (χ0n) is 8.77. The van der Waals surface area contributed by atoms with Gasteiger partial charge in [-0.1, -0.05) is 0 Å². The van der Waals surface area contributed by atoms with E-state index in [0.29, 0.717) is 5.88 Å². The molecule has 0 aliphatic heterocycles. The van der Waals surface area contributed by atoms with Gasteiger partial charge in [-0.25, -0.2) is 4.98 Å². The first-order chi connectivity index (χ1) is 7.31. The third kappa shape index (κ3) is 1.96. The van der Waals surface area contributed by atoms with E-state index in [9.17, 15) is 0 Å². The Balaban J connectivity index is 2.46. The molecule has 0 aromatic carbocycles. The highest BCUT2D eigenvalue weighted by atomic mass is 16.5. The van der Waals surface area contributed by atoms with Crippen molar-refractivity contribution in [3.8, 4) is 17.0 Å². The van der Waals surface area contributed by atoms with Crippen LogP contribution in [0.2, 0.25) is 0 Å². The minimum absolute atomic E-state index is 0.644. The van der Waals surface area contributed by atoms with Crippen LogP contribution in [0.5, 0.6) is 5.88 Å². The molecule has 0 saturated carbocycles. The highest BCUT2D eigenvalue weighted by Gasteiger charge is 2.03. The van der Waals surface area contributed by atoms with Crippen LogP contribution in [0.3, 0.4) is 0 Å². The van der Waals surface area contributed by atoms with Crippen molar-refractivity contribution in [2.24, 2.45) is 0 Å². The van der Waals surface area contributed by atoms with Gasteiger partial charge in [-0.3, -0.25) is 4.98 Å². The first-order valence-corrected chi connectivity index (χ1v) is 4.73. The van der Waals surface area contributed by atoms with Gasteiger partial charge in [0, 0.05) is 29.7 Å². The second kappa shape index (κ2) is 4.09. The molecule has 0 saturated heterocycles. The van der Waals surface area contributed by atoms with Crippen molar-refractivity contribution in [3.05, 3.63) is 42.4 Å². The minimum Gasteiger partial charge on any atom is -0.481 e. The van der Waals surface area contributed by atoms with Crippen LogP contribution in [0.1, 0.15) is 5.69 Å². The van der Waals surface area contributed by atoms with Crippen LogP contribution in [0, 0.1) is 6.92 Å². The summed E-state index contributed by atoms with van der Waals surface area (Å²) >= 11 is 0. The van der Waals surface area contributed by atoms with Gasteiger partial charge >= 0.3 is 0 Å². The molecule has 0 radical (unpaired) electrons. The average Bonchev–Trinajstić information content (AvgIpc) is 2.30. The van der Waals surface area contributed by atoms with E-state index < -0.39 is 0 Å². The number of ether oxygens (including phenoxy) is 1. The molecule has 15 heavy (non-hydrogen) atoms. The summed E-state index contributed by atoms with van der Waals surface area (Å²) in [4.78, 5) is 8.31. The molecule has 76 valence electrons. The predicted octanol–water partition coefficient (Wildman–Crippen LogP) is 2.46. The van der Waals surface area contributed by atoms with Crippen LogP contribution in [0.25, 0.3) is 11.1 Å². The van der Waals surface area contributed by atoms with E-state index in [-0.39, 0.29) is 0 Å². The van der Waals surface area contributed by atoms with Crippen LogP contribution in [-0.4, -0.2) is 17.1 Å². The SMILES string of the molecule is COc1ccc(-c2ccncc2)c(C)n1. The molecule has 0 unspecified atom stereocenters. The molecule has 0 fully saturated rings. The Bertz CT molecular complexity index is 454. The maximum absolute atomic E-state index is 5.06. The number of aromatic nitrogens is 2. The van der Waals surface area contributed by atoms with Crippen molar-refractivity contribution in [1.29, 1.82) is 0 Å². The Morgan fingerprint density at radius 2 is 1.80 bits per heavy atom. The van der Waals surface area contributed by atoms with Crippen molar-refractivity contribution in [1.82, 2.24) is 9.97 Å². The van der Waals surface area contributed by atoms with Gasteiger partial charge in [0.25, 0.3) is 0 Å². The average molecular weight is 200 g/mol. The maximum Gasteiger partial charge on any atom is 0.213 e. The van der Waals surface area contributed by atoms with Crippen molar-refractivity contribution in [3.63, 3.8) is 0 Å². The fraction of sp³-hybridized carbons (Fsp3) is 0.167. The second-order valence-electron chi connectivity index (χ2n) is 3.22. The largest absolute Gasteiger partial charge is 0.481 e. The Kier molecular flexibility index (Phi) is 2.63. The zero-order chi connectivity index (χ0) is 10.7. The third-order valence-electron chi connectivity index (χ3n) is 2.26. The molecule has 0 N–H and O–H groups in total. The highest BCUT2D eigenvalue weighted by molar-refractivity contribution is 5.65. The monoisotopic (exact) mass is 200 g/mol. The van der Waals surface area contributed by atoms with E-state index in [1.807, 2.05) is 31.2 Å². The first kappa shape index (κ1) is 9.65. The van der Waals surface area contributed by atoms with Crippen LogP contribution in [0.4, 0.5) is 0 Å². The number of nitrogens with zero attached hydrogens (tertiary/aromatic N) is 2. The van der Waals surface area contributed by atoms with Gasteiger partial charge in [0.1, 0.15) is 0 Å². The lowest BCUT2D eigenvalue weighted by molar-refractivity contribution is 0.397. The Morgan fingerprint density at radius 1 is 1.07 bits per heavy atom. The summed E-state index contributed by atoms with van der Waals surface area (Å²) < 4.78 is 5.06. The predicted molar refractivity (Wildman–Crippen MR) is 58.8 cm³/mol. The first-order valence-electron chi connectivity index (χ1n) is 4.73. The molecule has 2 aromatic rings. The minimum atomic E-state index is 0.644. The maximum atomic E-state index is 5.06. The van der Waals surface area contributed by atoms with Crippen LogP contribution < -0.4 is 4.74 Å². The number of hydrogen-bond acceptors (Lipinski definition) is 3. The van der Waals surface area contributed by atoms with Crippen molar-refractivity contribution < 1.29 is 4.74 Å². The van der Waals surface area contributed by atoms with E-state index in [1.54, 1.807) is 19.5 Å². The van der Waals surface area contributed by atoms with Crippen LogP contribution in [-0.2, 0) is 0 Å². The molecular formula is C12H12N2O. The summed E-state index contributed by atoms with van der Waals surface area (Å²) in [6.45, 7) is 1.97. The molecule has 0 aliphatic rings. The second-order valence-corrected chi connectivity index (χ2v) is 3.22. The summed E-state index contributed by atoms with van der Waals surface area (Å²) in [6.07, 6.45) is 3.55. The van der Waals surface area contributed by atoms with Crippen LogP contribution >= 0.6 is 0 Å². The van der Waals surface area contributed by atoms with Crippen molar-refractivity contribution in [2.45, 2.75) is 6.92 Å². The third-order valence-corrected chi connectivity index (χ3v) is 2.26. The van der Waals surface area contributed by atoms with E-state index in [0.717, 1.165) is 16.8 Å². The summed E-state index contributed by atoms with van der Waals surface area (Å²) in [7, 11) is 1.62. The summed E-state index contributed by atoms with van der Waals surface area (Å²) in [5.74, 6) is 0.644. The van der Waals surface area contributed by atoms with E-state index >= 15 is 0 Å². The lowest BCUT2D eigenvalue weighted by Gasteiger charge is -2.06. The number of methoxy groups -OCH3 is 1. The fourth-order valence-corrected chi connectivity index (χ4v) is 1.49. The summed E-state index contributed by atoms with van der Waals surface area (Å²) in [6, 6.07) is 7.81. The van der Waals surface area contributed by atoms with Gasteiger partial charge in [0.05, 0.1) is 7.11 Å². The van der Waals surface area contributed by atoms with Gasteiger partial charge in [0.15, 0.2) is 0 Å². The zero-order valence-corrected chi connectivity index (χ0v) is 8.77. The molecule has 0 bridgehead atoms. The molecule has 0 amide bonds. The lowest BCUT2D eigenvalue weighted by Crippen LogP contribution is -1.92. The molecule has 0 spiro atoms. The van der Waals surface area contributed by atoms with Gasteiger partial charge in [-0.05, 0) is 30.7 Å². The molecule has 3 nitrogen and oxygen atoms in total. The molecular weight excluding hydrogens is 188 g/mol. The number of aryl methyl sites for hydroxylation is 1. The van der Waals surface area contributed by atoms with Gasteiger partial charge < -0.3 is 4.74 Å². The molecule has 2 heterocycles. The normalized spacial score (nSPS) is 10.0. The van der Waals surface area contributed by atoms with Gasteiger partial charge in [-0.15, -0.1) is 0 Å². The van der Waals surface area contributed by atoms with Gasteiger partial charge in [0.2, 0.25) is 5.88 Å². The van der Waals surface area contributed by atoms with Gasteiger partial charge in [-0.2, -0.15) is 0 Å². The Hall–Kier alpha value is -1.90. The van der Waals surface area contributed by atoms with E-state index in [2.05, 4.69) is 9.97 Å². The molecule has 3 heteroatoms. The fourth-order valence-electron chi connectivity index (χ4n) is 1.49. The molecule has 2 aromatic heterocycles. The lowest BCUT2D eigenvalue weighted by atomic mass is 10.1. The summed E-state index contributed by atoms with van der Waals surface area (Å²) in [5.41, 5.74) is 3.19. The molecule has 0 aliphatic carbocycles. The van der Waals surface area contributed by atoms with Crippen molar-refractivity contribution in [2.75, 3.05) is 7.11 Å². The molecule has 2 rings (SSSR count). The quantitative estimate of drug-likeness (QED) is 0.747. The van der Waals surface area contributed by atoms with E-state index in [4.69, 9.17) is 4.74 Å². The number of hydrogen-bond donors (Lipinski definition) is 0. The smallest absolute Gasteiger partial charge is 0.213 e. The highest BCUT2D eigenvalue weighted by Crippen LogP contribution is 2.23. The number of pyridine rings is 2. The Labute approximate surface area is 88.8 Å².